The smallest absolute Gasteiger partial charge is 0.359 e. The number of para-hydroxylation sites is 1. The third-order valence-electron chi connectivity index (χ3n) is 4.68. The molecule has 0 bridgehead atoms. The molecular formula is C19H20N4O4. The van der Waals surface area contributed by atoms with Crippen LogP contribution in [0.2, 0.25) is 0 Å². The zero-order valence-corrected chi connectivity index (χ0v) is 15.2. The molecule has 1 aromatic carbocycles. The predicted octanol–water partition coefficient (Wildman–Crippen LogP) is 3.49. The number of carbonyl (C=O) groups excluding carboxylic acids is 1. The van der Waals surface area contributed by atoms with E-state index in [-0.39, 0.29) is 17.8 Å². The van der Waals surface area contributed by atoms with E-state index < -0.39 is 0 Å². The van der Waals surface area contributed by atoms with Crippen LogP contribution in [-0.2, 0) is 0 Å². The predicted molar refractivity (Wildman–Crippen MR) is 94.7 cm³/mol. The maximum atomic E-state index is 12.9. The van der Waals surface area contributed by atoms with Crippen molar-refractivity contribution in [3.63, 3.8) is 0 Å². The Morgan fingerprint density at radius 2 is 2.00 bits per heavy atom. The molecular weight excluding hydrogens is 348 g/mol. The Morgan fingerprint density at radius 3 is 2.74 bits per heavy atom. The van der Waals surface area contributed by atoms with Crippen molar-refractivity contribution in [3.05, 3.63) is 53.2 Å². The van der Waals surface area contributed by atoms with E-state index >= 15 is 0 Å². The molecule has 1 aliphatic rings. The summed E-state index contributed by atoms with van der Waals surface area (Å²) in [5, 5.41) is 7.77. The summed E-state index contributed by atoms with van der Waals surface area (Å²) < 4.78 is 16.1. The van der Waals surface area contributed by atoms with E-state index in [4.69, 9.17) is 13.8 Å². The molecule has 0 spiro atoms. The fourth-order valence-corrected chi connectivity index (χ4v) is 3.33. The first kappa shape index (κ1) is 17.3. The van der Waals surface area contributed by atoms with Crippen molar-refractivity contribution < 1.29 is 18.6 Å². The van der Waals surface area contributed by atoms with Crippen LogP contribution in [0.5, 0.6) is 11.8 Å². The lowest BCUT2D eigenvalue weighted by atomic mass is 9.97. The van der Waals surface area contributed by atoms with E-state index in [2.05, 4.69) is 15.3 Å². The largest absolute Gasteiger partial charge is 0.422 e. The van der Waals surface area contributed by atoms with Crippen LogP contribution in [0.3, 0.4) is 0 Å². The van der Waals surface area contributed by atoms with Gasteiger partial charge in [0.15, 0.2) is 0 Å². The highest BCUT2D eigenvalue weighted by atomic mass is 16.6. The second-order valence-corrected chi connectivity index (χ2v) is 6.62. The van der Waals surface area contributed by atoms with Crippen LogP contribution in [0, 0.1) is 13.8 Å². The molecule has 0 unspecified atom stereocenters. The van der Waals surface area contributed by atoms with E-state index in [9.17, 15) is 4.79 Å². The summed E-state index contributed by atoms with van der Waals surface area (Å²) in [5.74, 6) is 1.57. The normalized spacial score (nSPS) is 17.1. The number of aromatic nitrogens is 3. The highest BCUT2D eigenvalue weighted by Gasteiger charge is 2.31. The lowest BCUT2D eigenvalue weighted by molar-refractivity contribution is 0.0693. The van der Waals surface area contributed by atoms with E-state index in [1.807, 2.05) is 30.3 Å². The Kier molecular flexibility index (Phi) is 4.62. The first-order chi connectivity index (χ1) is 13.1. The van der Waals surface area contributed by atoms with Crippen LogP contribution in [0.25, 0.3) is 0 Å². The van der Waals surface area contributed by atoms with Crippen molar-refractivity contribution in [2.24, 2.45) is 0 Å². The van der Waals surface area contributed by atoms with Gasteiger partial charge < -0.3 is 18.7 Å². The third kappa shape index (κ3) is 3.55. The number of carbonyl (C=O) groups is 1. The molecule has 8 heteroatoms. The molecule has 0 aliphatic carbocycles. The number of amides is 1. The number of benzene rings is 1. The summed E-state index contributed by atoms with van der Waals surface area (Å²) in [6.45, 7) is 4.72. The molecule has 4 rings (SSSR count). The lowest BCUT2D eigenvalue weighted by Crippen LogP contribution is -2.39. The molecule has 2 aromatic heterocycles. The van der Waals surface area contributed by atoms with E-state index in [0.717, 1.165) is 12.8 Å². The average molecular weight is 368 g/mol. The van der Waals surface area contributed by atoms with Gasteiger partial charge >= 0.3 is 6.01 Å². The lowest BCUT2D eigenvalue weighted by Gasteiger charge is -2.30. The number of aryl methyl sites for hydroxylation is 2. The number of rotatable bonds is 4. The first-order valence-electron chi connectivity index (χ1n) is 8.90. The fraction of sp³-hybridized carbons (Fsp3) is 0.368. The second kappa shape index (κ2) is 7.22. The van der Waals surface area contributed by atoms with E-state index in [0.29, 0.717) is 41.7 Å². The highest BCUT2D eigenvalue weighted by molar-refractivity contribution is 5.96. The van der Waals surface area contributed by atoms with Gasteiger partial charge in [0.05, 0.1) is 11.6 Å². The van der Waals surface area contributed by atoms with E-state index in [1.165, 1.54) is 0 Å². The first-order valence-corrected chi connectivity index (χ1v) is 8.90. The van der Waals surface area contributed by atoms with Crippen LogP contribution in [0.4, 0.5) is 0 Å². The molecule has 1 amide bonds. The van der Waals surface area contributed by atoms with Gasteiger partial charge in [0.1, 0.15) is 17.1 Å². The van der Waals surface area contributed by atoms with Crippen molar-refractivity contribution in [2.45, 2.75) is 32.6 Å². The van der Waals surface area contributed by atoms with Crippen LogP contribution in [-0.4, -0.2) is 39.2 Å². The minimum Gasteiger partial charge on any atom is -0.422 e. The third-order valence-corrected chi connectivity index (χ3v) is 4.68. The van der Waals surface area contributed by atoms with Crippen molar-refractivity contribution in [2.75, 3.05) is 13.1 Å². The SMILES string of the molecule is Cc1noc(C)c1C(=O)N1CCC[C@H](c2nc(Oc3ccccc3)no2)C1. The molecule has 27 heavy (non-hydrogen) atoms. The molecule has 1 atom stereocenters. The quantitative estimate of drug-likeness (QED) is 0.695. The number of piperidine rings is 1. The molecule has 1 saturated heterocycles. The Bertz CT molecular complexity index is 915. The standard InChI is InChI=1S/C19H20N4O4/c1-12-16(13(2)26-21-12)18(24)23-10-6-7-14(11-23)17-20-19(22-27-17)25-15-8-4-3-5-9-15/h3-5,8-9,14H,6-7,10-11H2,1-2H3/t14-/m0/s1. The van der Waals surface area contributed by atoms with Gasteiger partial charge in [-0.2, -0.15) is 4.98 Å². The molecule has 3 heterocycles. The number of hydrogen-bond acceptors (Lipinski definition) is 7. The van der Waals surface area contributed by atoms with Gasteiger partial charge in [-0.15, -0.1) is 0 Å². The highest BCUT2D eigenvalue weighted by Crippen LogP contribution is 2.29. The molecule has 8 nitrogen and oxygen atoms in total. The summed E-state index contributed by atoms with van der Waals surface area (Å²) >= 11 is 0. The van der Waals surface area contributed by atoms with Gasteiger partial charge in [0, 0.05) is 13.1 Å². The second-order valence-electron chi connectivity index (χ2n) is 6.62. The summed E-state index contributed by atoms with van der Waals surface area (Å²) in [5.41, 5.74) is 1.14. The van der Waals surface area contributed by atoms with Gasteiger partial charge in [0.2, 0.25) is 5.89 Å². The maximum absolute atomic E-state index is 12.9. The zero-order chi connectivity index (χ0) is 18.8. The summed E-state index contributed by atoms with van der Waals surface area (Å²) in [6.07, 6.45) is 1.73. The molecule has 1 aliphatic heterocycles. The van der Waals surface area contributed by atoms with Gasteiger partial charge in [-0.3, -0.25) is 4.79 Å². The van der Waals surface area contributed by atoms with Crippen LogP contribution in [0.1, 0.15) is 46.5 Å². The van der Waals surface area contributed by atoms with Crippen molar-refractivity contribution in [1.29, 1.82) is 0 Å². The topological polar surface area (TPSA) is 94.5 Å². The fourth-order valence-electron chi connectivity index (χ4n) is 3.33. The number of likely N-dealkylation sites (tertiary alicyclic amines) is 1. The van der Waals surface area contributed by atoms with Crippen LogP contribution < -0.4 is 4.74 Å². The minimum absolute atomic E-state index is 0.0243. The van der Waals surface area contributed by atoms with Crippen molar-refractivity contribution >= 4 is 5.91 Å². The molecule has 0 N–H and O–H groups in total. The Labute approximate surface area is 156 Å². The minimum atomic E-state index is -0.0729. The Hall–Kier alpha value is -3.16. The molecule has 1 fully saturated rings. The molecule has 140 valence electrons. The van der Waals surface area contributed by atoms with Gasteiger partial charge in [-0.25, -0.2) is 0 Å². The van der Waals surface area contributed by atoms with Gasteiger partial charge in [-0.05, 0) is 44.0 Å². The van der Waals surface area contributed by atoms with Crippen molar-refractivity contribution in [1.82, 2.24) is 20.2 Å². The molecule has 0 radical (unpaired) electrons. The van der Waals surface area contributed by atoms with Gasteiger partial charge in [0.25, 0.3) is 5.91 Å². The Morgan fingerprint density at radius 1 is 1.19 bits per heavy atom. The number of hydrogen-bond donors (Lipinski definition) is 0. The number of nitrogens with zero attached hydrogens (tertiary/aromatic N) is 4. The van der Waals surface area contributed by atoms with E-state index in [1.54, 1.807) is 18.7 Å². The Balaban J connectivity index is 1.46. The van der Waals surface area contributed by atoms with Crippen LogP contribution >= 0.6 is 0 Å². The maximum Gasteiger partial charge on any atom is 0.359 e. The van der Waals surface area contributed by atoms with Crippen molar-refractivity contribution in [3.8, 4) is 11.8 Å². The molecule has 0 saturated carbocycles. The summed E-state index contributed by atoms with van der Waals surface area (Å²) in [6, 6.07) is 9.46. The zero-order valence-electron chi connectivity index (χ0n) is 15.2. The monoisotopic (exact) mass is 368 g/mol. The van der Waals surface area contributed by atoms with Crippen LogP contribution in [0.15, 0.2) is 39.4 Å². The van der Waals surface area contributed by atoms with Gasteiger partial charge in [-0.1, -0.05) is 23.4 Å². The average Bonchev–Trinajstić information content (AvgIpc) is 3.29. The summed E-state index contributed by atoms with van der Waals surface area (Å²) in [4.78, 5) is 19.0. The summed E-state index contributed by atoms with van der Waals surface area (Å²) in [7, 11) is 0. The number of ether oxygens (including phenoxy) is 1. The molecule has 3 aromatic rings.